The van der Waals surface area contributed by atoms with Gasteiger partial charge in [0.05, 0.1) is 6.61 Å². The van der Waals surface area contributed by atoms with Crippen LogP contribution < -0.4 is 16.7 Å². The SMILES string of the molecule is Cc1cn([C@@H]2O[C@H](CO)[C@H]3OB(c4ccccc4)O[C@H]32)c(=O)[nH]c1=O. The quantitative estimate of drug-likeness (QED) is 0.687. The second-order valence-electron chi connectivity index (χ2n) is 6.17. The highest BCUT2D eigenvalue weighted by Crippen LogP contribution is 2.37. The molecule has 25 heavy (non-hydrogen) atoms. The lowest BCUT2D eigenvalue weighted by atomic mass is 9.79. The largest absolute Gasteiger partial charge is 0.494 e. The fourth-order valence-electron chi connectivity index (χ4n) is 3.25. The second-order valence-corrected chi connectivity index (χ2v) is 6.17. The number of aliphatic hydroxyl groups excluding tert-OH is 1. The molecule has 2 aliphatic rings. The zero-order chi connectivity index (χ0) is 17.6. The summed E-state index contributed by atoms with van der Waals surface area (Å²) in [5.41, 5.74) is 0.188. The molecule has 2 N–H and O–H groups in total. The summed E-state index contributed by atoms with van der Waals surface area (Å²) in [7, 11) is -0.601. The first-order valence-electron chi connectivity index (χ1n) is 8.02. The fourth-order valence-corrected chi connectivity index (χ4v) is 3.25. The van der Waals surface area contributed by atoms with Gasteiger partial charge in [0.1, 0.15) is 18.3 Å². The zero-order valence-electron chi connectivity index (χ0n) is 13.5. The molecular formula is C16H17BN2O6. The van der Waals surface area contributed by atoms with Crippen LogP contribution in [0, 0.1) is 6.92 Å². The Morgan fingerprint density at radius 3 is 2.64 bits per heavy atom. The van der Waals surface area contributed by atoms with Gasteiger partial charge in [-0.05, 0) is 12.4 Å². The standard InChI is InChI=1S/C16H17BN2O6/c1-9-7-19(16(22)18-14(9)21)15-13-12(11(8-20)23-15)24-17(25-13)10-5-3-2-4-6-10/h2-7,11-13,15,20H,8H2,1H3,(H,18,21,22)/t11-,12-,13-,15-/m1/s1. The molecule has 2 fully saturated rings. The summed E-state index contributed by atoms with van der Waals surface area (Å²) in [6.45, 7) is 1.34. The topological polar surface area (TPSA) is 103 Å². The number of fused-ring (bicyclic) bond motifs is 1. The lowest BCUT2D eigenvalue weighted by molar-refractivity contribution is -0.0607. The molecule has 0 spiro atoms. The van der Waals surface area contributed by atoms with Crippen molar-refractivity contribution in [3.63, 3.8) is 0 Å². The van der Waals surface area contributed by atoms with Crippen LogP contribution in [0.2, 0.25) is 0 Å². The summed E-state index contributed by atoms with van der Waals surface area (Å²) in [4.78, 5) is 26.0. The van der Waals surface area contributed by atoms with Gasteiger partial charge in [-0.1, -0.05) is 30.3 Å². The van der Waals surface area contributed by atoms with E-state index in [-0.39, 0.29) is 6.61 Å². The fraction of sp³-hybridized carbons (Fsp3) is 0.375. The molecule has 4 atom stereocenters. The Balaban J connectivity index is 1.68. The van der Waals surface area contributed by atoms with Gasteiger partial charge in [0.15, 0.2) is 6.23 Å². The smallest absolute Gasteiger partial charge is 0.399 e. The van der Waals surface area contributed by atoms with Crippen molar-refractivity contribution in [3.8, 4) is 0 Å². The number of hydrogen-bond acceptors (Lipinski definition) is 6. The predicted molar refractivity (Wildman–Crippen MR) is 88.6 cm³/mol. The van der Waals surface area contributed by atoms with Gasteiger partial charge >= 0.3 is 12.8 Å². The Kier molecular flexibility index (Phi) is 4.08. The first kappa shape index (κ1) is 16.3. The molecular weight excluding hydrogens is 327 g/mol. The first-order valence-corrected chi connectivity index (χ1v) is 8.02. The maximum Gasteiger partial charge on any atom is 0.494 e. The maximum atomic E-state index is 12.2. The average Bonchev–Trinajstić information content (AvgIpc) is 3.18. The average molecular weight is 344 g/mol. The van der Waals surface area contributed by atoms with Gasteiger partial charge in [0, 0.05) is 11.8 Å². The number of aromatic amines is 1. The van der Waals surface area contributed by atoms with E-state index in [9.17, 15) is 14.7 Å². The summed E-state index contributed by atoms with van der Waals surface area (Å²) in [5, 5.41) is 9.60. The highest BCUT2D eigenvalue weighted by molar-refractivity contribution is 6.61. The van der Waals surface area contributed by atoms with E-state index in [0.29, 0.717) is 5.56 Å². The minimum absolute atomic E-state index is 0.264. The van der Waals surface area contributed by atoms with Crippen molar-refractivity contribution in [3.05, 3.63) is 62.9 Å². The molecule has 3 heterocycles. The summed E-state index contributed by atoms with van der Waals surface area (Å²) >= 11 is 0. The molecule has 0 aliphatic carbocycles. The zero-order valence-corrected chi connectivity index (χ0v) is 13.5. The molecule has 1 aromatic carbocycles. The van der Waals surface area contributed by atoms with E-state index in [4.69, 9.17) is 14.0 Å². The van der Waals surface area contributed by atoms with Crippen molar-refractivity contribution in [1.82, 2.24) is 9.55 Å². The van der Waals surface area contributed by atoms with E-state index in [2.05, 4.69) is 4.98 Å². The molecule has 1 aromatic heterocycles. The highest BCUT2D eigenvalue weighted by atomic mass is 16.7. The number of ether oxygens (including phenoxy) is 1. The van der Waals surface area contributed by atoms with Crippen LogP contribution in [0.3, 0.4) is 0 Å². The molecule has 0 saturated carbocycles. The monoisotopic (exact) mass is 344 g/mol. The van der Waals surface area contributed by atoms with Gasteiger partial charge in [0.25, 0.3) is 5.56 Å². The number of aromatic nitrogens is 2. The van der Waals surface area contributed by atoms with Crippen LogP contribution in [0.5, 0.6) is 0 Å². The molecule has 0 radical (unpaired) electrons. The molecule has 0 unspecified atom stereocenters. The van der Waals surface area contributed by atoms with Gasteiger partial charge in [-0.2, -0.15) is 0 Å². The van der Waals surface area contributed by atoms with Crippen molar-refractivity contribution in [1.29, 1.82) is 0 Å². The summed E-state index contributed by atoms with van der Waals surface area (Å²) in [6.07, 6.45) is -1.08. The molecule has 130 valence electrons. The Morgan fingerprint density at radius 1 is 1.20 bits per heavy atom. The molecule has 4 rings (SSSR count). The minimum Gasteiger partial charge on any atom is -0.399 e. The van der Waals surface area contributed by atoms with Crippen molar-refractivity contribution in [2.45, 2.75) is 31.5 Å². The van der Waals surface area contributed by atoms with E-state index in [1.165, 1.54) is 10.8 Å². The van der Waals surface area contributed by atoms with Gasteiger partial charge < -0.3 is 19.2 Å². The molecule has 2 aliphatic heterocycles. The molecule has 8 nitrogen and oxygen atoms in total. The molecule has 9 heteroatoms. The Bertz CT molecular complexity index is 882. The normalized spacial score (nSPS) is 28.3. The van der Waals surface area contributed by atoms with Crippen LogP contribution in [0.4, 0.5) is 0 Å². The second kappa shape index (κ2) is 6.27. The number of aliphatic hydroxyl groups is 1. The lowest BCUT2D eigenvalue weighted by Crippen LogP contribution is -2.39. The molecule has 0 amide bonds. The van der Waals surface area contributed by atoms with Crippen molar-refractivity contribution < 1.29 is 19.2 Å². The van der Waals surface area contributed by atoms with E-state index in [1.54, 1.807) is 6.92 Å². The Labute approximate surface area is 143 Å². The van der Waals surface area contributed by atoms with Crippen LogP contribution in [0.15, 0.2) is 46.1 Å². The minimum atomic E-state index is -0.793. The number of benzene rings is 1. The van der Waals surface area contributed by atoms with Crippen molar-refractivity contribution in [2.75, 3.05) is 6.61 Å². The molecule has 0 bridgehead atoms. The van der Waals surface area contributed by atoms with Crippen LogP contribution in [0.1, 0.15) is 11.8 Å². The van der Waals surface area contributed by atoms with E-state index in [0.717, 1.165) is 5.46 Å². The van der Waals surface area contributed by atoms with Gasteiger partial charge in [-0.25, -0.2) is 4.79 Å². The van der Waals surface area contributed by atoms with Crippen LogP contribution in [-0.2, 0) is 14.0 Å². The third-order valence-corrected chi connectivity index (χ3v) is 4.52. The van der Waals surface area contributed by atoms with Crippen molar-refractivity contribution in [2.24, 2.45) is 0 Å². The van der Waals surface area contributed by atoms with Gasteiger partial charge in [-0.3, -0.25) is 14.3 Å². The summed E-state index contributed by atoms with van der Waals surface area (Å²) in [5.74, 6) is 0. The Morgan fingerprint density at radius 2 is 1.92 bits per heavy atom. The van der Waals surface area contributed by atoms with Crippen LogP contribution >= 0.6 is 0 Å². The van der Waals surface area contributed by atoms with Gasteiger partial charge in [-0.15, -0.1) is 0 Å². The number of H-pyrrole nitrogens is 1. The first-order chi connectivity index (χ1) is 12.1. The number of hydrogen-bond donors (Lipinski definition) is 2. The lowest BCUT2D eigenvalue weighted by Gasteiger charge is -2.20. The van der Waals surface area contributed by atoms with Gasteiger partial charge in [0.2, 0.25) is 0 Å². The third kappa shape index (κ3) is 2.75. The summed E-state index contributed by atoms with van der Waals surface area (Å²) in [6, 6.07) is 9.41. The molecule has 2 aromatic rings. The van der Waals surface area contributed by atoms with E-state index in [1.807, 2.05) is 30.3 Å². The van der Waals surface area contributed by atoms with E-state index >= 15 is 0 Å². The summed E-state index contributed by atoms with van der Waals surface area (Å²) < 4.78 is 19.0. The number of rotatable bonds is 3. The predicted octanol–water partition coefficient (Wildman–Crippen LogP) is -1.09. The maximum absolute atomic E-state index is 12.2. The Hall–Kier alpha value is -2.20. The van der Waals surface area contributed by atoms with E-state index < -0.39 is 42.9 Å². The highest BCUT2D eigenvalue weighted by Gasteiger charge is 2.55. The van der Waals surface area contributed by atoms with Crippen LogP contribution in [-0.4, -0.2) is 46.7 Å². The number of nitrogens with zero attached hydrogens (tertiary/aromatic N) is 1. The van der Waals surface area contributed by atoms with Crippen LogP contribution in [0.25, 0.3) is 0 Å². The number of nitrogens with one attached hydrogen (secondary N) is 1. The molecule has 2 saturated heterocycles. The third-order valence-electron chi connectivity index (χ3n) is 4.52. The van der Waals surface area contributed by atoms with Crippen molar-refractivity contribution >= 4 is 12.6 Å². The number of aryl methyl sites for hydroxylation is 1.